The van der Waals surface area contributed by atoms with Gasteiger partial charge >= 0.3 is 0 Å². The van der Waals surface area contributed by atoms with E-state index < -0.39 is 0 Å². The number of rotatable bonds is 5. The second-order valence-electron chi connectivity index (χ2n) is 5.99. The molecule has 1 aliphatic rings. The number of benzene rings is 1. The number of halogens is 1. The monoisotopic (exact) mass is 294 g/mol. The first-order valence-electron chi connectivity index (χ1n) is 7.84. The highest BCUT2D eigenvalue weighted by Gasteiger charge is 2.25. The van der Waals surface area contributed by atoms with E-state index in [9.17, 15) is 0 Å². The van der Waals surface area contributed by atoms with Gasteiger partial charge in [-0.2, -0.15) is 0 Å². The quantitative estimate of drug-likeness (QED) is 0.879. The topological polar surface area (TPSA) is 15.3 Å². The molecule has 0 amide bonds. The van der Waals surface area contributed by atoms with Gasteiger partial charge in [0.1, 0.15) is 0 Å². The third kappa shape index (κ3) is 3.97. The Hall–Kier alpha value is -0.570. The lowest BCUT2D eigenvalue weighted by Gasteiger charge is -2.36. The Balaban J connectivity index is 1.93. The fourth-order valence-corrected chi connectivity index (χ4v) is 3.53. The fraction of sp³-hybridized carbons (Fsp3) is 0.647. The van der Waals surface area contributed by atoms with Crippen LogP contribution < -0.4 is 5.32 Å². The largest absolute Gasteiger partial charge is 0.307 e. The summed E-state index contributed by atoms with van der Waals surface area (Å²) in [6, 6.07) is 8.96. The highest BCUT2D eigenvalue weighted by molar-refractivity contribution is 6.31. The first kappa shape index (κ1) is 15.8. The van der Waals surface area contributed by atoms with E-state index in [0.29, 0.717) is 12.1 Å². The summed E-state index contributed by atoms with van der Waals surface area (Å²) in [5.41, 5.74) is 1.20. The van der Waals surface area contributed by atoms with Crippen molar-refractivity contribution in [2.24, 2.45) is 5.92 Å². The van der Waals surface area contributed by atoms with Crippen LogP contribution in [0.4, 0.5) is 0 Å². The lowest BCUT2D eigenvalue weighted by Crippen LogP contribution is -2.45. The molecule has 0 saturated carbocycles. The summed E-state index contributed by atoms with van der Waals surface area (Å²) in [5, 5.41) is 4.60. The molecule has 1 heterocycles. The van der Waals surface area contributed by atoms with E-state index in [1.165, 1.54) is 38.0 Å². The standard InChI is InChI=1S/C17H27ClN2/c1-4-20-11-7-8-15(12-20)13(2)19-14(3)16-9-5-6-10-17(16)18/h5-6,9-10,13-15,19H,4,7-8,11-12H2,1-3H3. The SMILES string of the molecule is CCN1CCCC(C(C)NC(C)c2ccccc2Cl)C1. The second kappa shape index (κ2) is 7.44. The maximum atomic E-state index is 6.29. The van der Waals surface area contributed by atoms with Crippen molar-refractivity contribution in [2.75, 3.05) is 19.6 Å². The Morgan fingerprint density at radius 2 is 2.10 bits per heavy atom. The van der Waals surface area contributed by atoms with Crippen LogP contribution in [0.2, 0.25) is 5.02 Å². The molecule has 1 saturated heterocycles. The Kier molecular flexibility index (Phi) is 5.88. The Morgan fingerprint density at radius 1 is 1.35 bits per heavy atom. The first-order valence-corrected chi connectivity index (χ1v) is 8.22. The van der Waals surface area contributed by atoms with Crippen LogP contribution in [0.25, 0.3) is 0 Å². The van der Waals surface area contributed by atoms with Gasteiger partial charge in [0.25, 0.3) is 0 Å². The van der Waals surface area contributed by atoms with Gasteiger partial charge < -0.3 is 10.2 Å². The molecule has 0 bridgehead atoms. The average Bonchev–Trinajstić information content (AvgIpc) is 2.47. The van der Waals surface area contributed by atoms with Crippen LogP contribution in [-0.2, 0) is 0 Å². The third-order valence-corrected chi connectivity index (χ3v) is 4.93. The predicted molar refractivity (Wildman–Crippen MR) is 87.3 cm³/mol. The zero-order valence-electron chi connectivity index (χ0n) is 12.9. The predicted octanol–water partition coefficient (Wildman–Crippen LogP) is 4.11. The lowest BCUT2D eigenvalue weighted by atomic mass is 9.90. The van der Waals surface area contributed by atoms with Crippen molar-refractivity contribution < 1.29 is 0 Å². The third-order valence-electron chi connectivity index (χ3n) is 4.58. The number of nitrogens with one attached hydrogen (secondary N) is 1. The minimum Gasteiger partial charge on any atom is -0.307 e. The van der Waals surface area contributed by atoms with Crippen molar-refractivity contribution in [3.05, 3.63) is 34.9 Å². The molecule has 1 fully saturated rings. The maximum Gasteiger partial charge on any atom is 0.0453 e. The van der Waals surface area contributed by atoms with Gasteiger partial charge in [-0.15, -0.1) is 0 Å². The lowest BCUT2D eigenvalue weighted by molar-refractivity contribution is 0.153. The molecule has 2 rings (SSSR count). The van der Waals surface area contributed by atoms with Crippen molar-refractivity contribution in [3.8, 4) is 0 Å². The second-order valence-corrected chi connectivity index (χ2v) is 6.40. The fourth-order valence-electron chi connectivity index (χ4n) is 3.23. The zero-order chi connectivity index (χ0) is 14.5. The molecule has 1 aromatic carbocycles. The molecule has 3 atom stereocenters. The van der Waals surface area contributed by atoms with E-state index in [4.69, 9.17) is 11.6 Å². The Labute approximate surface area is 128 Å². The summed E-state index contributed by atoms with van der Waals surface area (Å²) in [6.45, 7) is 10.4. The molecule has 20 heavy (non-hydrogen) atoms. The summed E-state index contributed by atoms with van der Waals surface area (Å²) in [7, 11) is 0. The summed E-state index contributed by atoms with van der Waals surface area (Å²) in [5.74, 6) is 0.744. The van der Waals surface area contributed by atoms with E-state index >= 15 is 0 Å². The van der Waals surface area contributed by atoms with E-state index in [-0.39, 0.29) is 0 Å². The van der Waals surface area contributed by atoms with E-state index in [1.54, 1.807) is 0 Å². The summed E-state index contributed by atoms with van der Waals surface area (Å²) >= 11 is 6.29. The average molecular weight is 295 g/mol. The van der Waals surface area contributed by atoms with Crippen LogP contribution in [0.5, 0.6) is 0 Å². The zero-order valence-corrected chi connectivity index (χ0v) is 13.7. The van der Waals surface area contributed by atoms with E-state index in [2.05, 4.69) is 43.1 Å². The molecular formula is C17H27ClN2. The summed E-state index contributed by atoms with van der Waals surface area (Å²) < 4.78 is 0. The van der Waals surface area contributed by atoms with Crippen LogP contribution in [0.1, 0.15) is 45.2 Å². The number of hydrogen-bond acceptors (Lipinski definition) is 2. The van der Waals surface area contributed by atoms with Crippen molar-refractivity contribution >= 4 is 11.6 Å². The van der Waals surface area contributed by atoms with Crippen LogP contribution in [-0.4, -0.2) is 30.6 Å². The maximum absolute atomic E-state index is 6.29. The van der Waals surface area contributed by atoms with Gasteiger partial charge in [0, 0.05) is 23.7 Å². The van der Waals surface area contributed by atoms with E-state index in [0.717, 1.165) is 10.9 Å². The molecule has 1 aromatic rings. The van der Waals surface area contributed by atoms with Crippen molar-refractivity contribution in [2.45, 2.75) is 45.7 Å². The highest BCUT2D eigenvalue weighted by Crippen LogP contribution is 2.25. The number of piperidine rings is 1. The van der Waals surface area contributed by atoms with Gasteiger partial charge in [0.15, 0.2) is 0 Å². The molecule has 3 heteroatoms. The summed E-state index contributed by atoms with van der Waals surface area (Å²) in [4.78, 5) is 2.56. The van der Waals surface area contributed by atoms with Gasteiger partial charge in [-0.25, -0.2) is 0 Å². The van der Waals surface area contributed by atoms with Crippen LogP contribution in [0, 0.1) is 5.92 Å². The first-order chi connectivity index (χ1) is 9.61. The highest BCUT2D eigenvalue weighted by atomic mass is 35.5. The minimum absolute atomic E-state index is 0.302. The molecule has 3 unspecified atom stereocenters. The number of nitrogens with zero attached hydrogens (tertiary/aromatic N) is 1. The molecule has 112 valence electrons. The van der Waals surface area contributed by atoms with Crippen molar-refractivity contribution in [3.63, 3.8) is 0 Å². The van der Waals surface area contributed by atoms with Crippen molar-refractivity contribution in [1.29, 1.82) is 0 Å². The van der Waals surface area contributed by atoms with Crippen molar-refractivity contribution in [1.82, 2.24) is 10.2 Å². The van der Waals surface area contributed by atoms with E-state index in [1.807, 2.05) is 12.1 Å². The molecular weight excluding hydrogens is 268 g/mol. The molecule has 2 nitrogen and oxygen atoms in total. The van der Waals surface area contributed by atoms with Crippen LogP contribution in [0.15, 0.2) is 24.3 Å². The Morgan fingerprint density at radius 3 is 2.80 bits per heavy atom. The van der Waals surface area contributed by atoms with Crippen LogP contribution >= 0.6 is 11.6 Å². The Bertz CT molecular complexity index is 421. The van der Waals surface area contributed by atoms with Gasteiger partial charge in [-0.05, 0) is 57.3 Å². The van der Waals surface area contributed by atoms with Gasteiger partial charge in [-0.1, -0.05) is 36.7 Å². The smallest absolute Gasteiger partial charge is 0.0453 e. The van der Waals surface area contributed by atoms with Gasteiger partial charge in [0.2, 0.25) is 0 Å². The van der Waals surface area contributed by atoms with Gasteiger partial charge in [-0.3, -0.25) is 0 Å². The molecule has 0 aliphatic carbocycles. The molecule has 0 aromatic heterocycles. The number of hydrogen-bond donors (Lipinski definition) is 1. The van der Waals surface area contributed by atoms with Gasteiger partial charge in [0.05, 0.1) is 0 Å². The molecule has 1 N–H and O–H groups in total. The normalized spacial score (nSPS) is 23.5. The molecule has 0 spiro atoms. The van der Waals surface area contributed by atoms with Crippen LogP contribution in [0.3, 0.4) is 0 Å². The number of likely N-dealkylation sites (tertiary alicyclic amines) is 1. The molecule has 0 radical (unpaired) electrons. The molecule has 1 aliphatic heterocycles. The minimum atomic E-state index is 0.302. The summed E-state index contributed by atoms with van der Waals surface area (Å²) in [6.07, 6.45) is 2.66.